The summed E-state index contributed by atoms with van der Waals surface area (Å²) in [6.07, 6.45) is 0. The number of aryl methyl sites for hydroxylation is 2. The number of sulfonamides is 1. The highest BCUT2D eigenvalue weighted by molar-refractivity contribution is 7.99. The maximum absolute atomic E-state index is 14.2. The highest BCUT2D eigenvalue weighted by Crippen LogP contribution is 2.39. The van der Waals surface area contributed by atoms with Crippen molar-refractivity contribution >= 4 is 27.7 Å². The zero-order chi connectivity index (χ0) is 22.2. The van der Waals surface area contributed by atoms with Crippen LogP contribution in [0, 0.1) is 19.7 Å². The van der Waals surface area contributed by atoms with Crippen LogP contribution in [0.25, 0.3) is 0 Å². The Balaban J connectivity index is 1.38. The Kier molecular flexibility index (Phi) is 6.38. The van der Waals surface area contributed by atoms with E-state index in [0.717, 1.165) is 5.75 Å². The predicted octanol–water partition coefficient (Wildman–Crippen LogP) is 2.01. The zero-order valence-electron chi connectivity index (χ0n) is 17.5. The molecule has 0 spiro atoms. The Labute approximate surface area is 185 Å². The van der Waals surface area contributed by atoms with Gasteiger partial charge in [0.05, 0.1) is 6.54 Å². The van der Waals surface area contributed by atoms with E-state index in [1.807, 2.05) is 4.90 Å². The van der Waals surface area contributed by atoms with E-state index >= 15 is 0 Å². The molecule has 2 saturated heterocycles. The molecule has 2 fully saturated rings. The number of carbonyl (C=O) groups excluding carboxylic acids is 1. The lowest BCUT2D eigenvalue weighted by Gasteiger charge is -2.34. The van der Waals surface area contributed by atoms with Crippen molar-refractivity contribution in [2.24, 2.45) is 0 Å². The normalized spacial score (nSPS) is 21.0. The third-order valence-corrected chi connectivity index (χ3v) is 9.02. The number of halogens is 1. The summed E-state index contributed by atoms with van der Waals surface area (Å²) in [4.78, 5) is 16.7. The molecule has 1 amide bonds. The van der Waals surface area contributed by atoms with E-state index in [9.17, 15) is 17.6 Å². The van der Waals surface area contributed by atoms with E-state index < -0.39 is 10.0 Å². The van der Waals surface area contributed by atoms with Crippen molar-refractivity contribution in [2.45, 2.75) is 24.1 Å². The second kappa shape index (κ2) is 8.89. The highest BCUT2D eigenvalue weighted by atomic mass is 32.2. The Morgan fingerprint density at radius 2 is 1.90 bits per heavy atom. The van der Waals surface area contributed by atoms with E-state index in [-0.39, 0.29) is 47.4 Å². The number of amides is 1. The maximum Gasteiger partial charge on any atom is 0.248 e. The molecular formula is C20H25FN4O4S2. The van der Waals surface area contributed by atoms with Crippen LogP contribution in [0.5, 0.6) is 0 Å². The first kappa shape index (κ1) is 22.3. The van der Waals surface area contributed by atoms with Gasteiger partial charge in [-0.2, -0.15) is 4.31 Å². The van der Waals surface area contributed by atoms with Gasteiger partial charge in [0.25, 0.3) is 0 Å². The summed E-state index contributed by atoms with van der Waals surface area (Å²) in [5.74, 6) is 0.660. The fourth-order valence-corrected chi connectivity index (χ4v) is 7.05. The molecule has 4 rings (SSSR count). The van der Waals surface area contributed by atoms with Crippen LogP contribution in [0.1, 0.15) is 22.4 Å². The molecule has 3 heterocycles. The summed E-state index contributed by atoms with van der Waals surface area (Å²) in [5.41, 5.74) is 0.870. The van der Waals surface area contributed by atoms with Crippen LogP contribution < -0.4 is 0 Å². The Hall–Kier alpha value is -1.95. The van der Waals surface area contributed by atoms with Gasteiger partial charge in [0.2, 0.25) is 15.9 Å². The van der Waals surface area contributed by atoms with Gasteiger partial charge in [-0.15, -0.1) is 11.8 Å². The molecule has 0 saturated carbocycles. The summed E-state index contributed by atoms with van der Waals surface area (Å²) in [6.45, 7) is 5.41. The second-order valence-electron chi connectivity index (χ2n) is 7.67. The van der Waals surface area contributed by atoms with Crippen molar-refractivity contribution in [1.82, 2.24) is 19.3 Å². The van der Waals surface area contributed by atoms with Crippen molar-refractivity contribution in [2.75, 3.05) is 45.0 Å². The van der Waals surface area contributed by atoms with Crippen molar-refractivity contribution in [3.63, 3.8) is 0 Å². The lowest BCUT2D eigenvalue weighted by molar-refractivity contribution is -0.132. The van der Waals surface area contributed by atoms with Gasteiger partial charge in [-0.05, 0) is 19.9 Å². The number of aromatic nitrogens is 1. The molecule has 0 bridgehead atoms. The molecule has 2 aliphatic heterocycles. The topological polar surface area (TPSA) is 87.0 Å². The average Bonchev–Trinajstić information content (AvgIpc) is 3.35. The van der Waals surface area contributed by atoms with E-state index in [1.165, 1.54) is 10.4 Å². The van der Waals surface area contributed by atoms with Crippen LogP contribution in [-0.4, -0.2) is 78.6 Å². The van der Waals surface area contributed by atoms with Crippen LogP contribution >= 0.6 is 11.8 Å². The molecule has 0 N–H and O–H groups in total. The molecule has 0 aliphatic carbocycles. The third kappa shape index (κ3) is 4.36. The van der Waals surface area contributed by atoms with Crippen LogP contribution in [0.4, 0.5) is 4.39 Å². The van der Waals surface area contributed by atoms with Gasteiger partial charge in [-0.25, -0.2) is 12.8 Å². The number of nitrogens with zero attached hydrogens (tertiary/aromatic N) is 4. The van der Waals surface area contributed by atoms with E-state index in [0.29, 0.717) is 30.9 Å². The molecule has 1 unspecified atom stereocenters. The predicted molar refractivity (Wildman–Crippen MR) is 114 cm³/mol. The van der Waals surface area contributed by atoms with Crippen molar-refractivity contribution in [3.8, 4) is 0 Å². The first-order valence-corrected chi connectivity index (χ1v) is 12.6. The van der Waals surface area contributed by atoms with Crippen molar-refractivity contribution in [3.05, 3.63) is 47.1 Å². The molecule has 11 heteroatoms. The van der Waals surface area contributed by atoms with Crippen molar-refractivity contribution < 1.29 is 22.1 Å². The minimum absolute atomic E-state index is 0.0692. The van der Waals surface area contributed by atoms with Crippen LogP contribution in [0.3, 0.4) is 0 Å². The standard InChI is InChI=1S/C20H25FN4O4S2/c1-14-19(15(2)29-22-14)31(27,28)24-9-7-23(8-10-24)13-18(26)25-11-12-30-20(25)16-5-3-4-6-17(16)21/h3-6,20H,7-13H2,1-2H3. The van der Waals surface area contributed by atoms with Crippen LogP contribution in [-0.2, 0) is 14.8 Å². The number of thioether (sulfide) groups is 1. The van der Waals surface area contributed by atoms with E-state index in [2.05, 4.69) is 5.16 Å². The number of rotatable bonds is 5. The molecule has 168 valence electrons. The summed E-state index contributed by atoms with van der Waals surface area (Å²) in [5, 5.41) is 3.42. The first-order chi connectivity index (χ1) is 14.8. The molecule has 1 aromatic carbocycles. The Morgan fingerprint density at radius 3 is 2.55 bits per heavy atom. The molecule has 31 heavy (non-hydrogen) atoms. The first-order valence-electron chi connectivity index (χ1n) is 10.1. The van der Waals surface area contributed by atoms with Gasteiger partial charge < -0.3 is 9.42 Å². The number of carbonyl (C=O) groups is 1. The minimum atomic E-state index is -3.69. The van der Waals surface area contributed by atoms with E-state index in [1.54, 1.807) is 48.7 Å². The number of hydrogen-bond acceptors (Lipinski definition) is 7. The Bertz CT molecular complexity index is 1050. The second-order valence-corrected chi connectivity index (χ2v) is 10.7. The van der Waals surface area contributed by atoms with Gasteiger partial charge in [-0.3, -0.25) is 9.69 Å². The lowest BCUT2D eigenvalue weighted by Crippen LogP contribution is -2.51. The highest BCUT2D eigenvalue weighted by Gasteiger charge is 2.36. The minimum Gasteiger partial charge on any atom is -0.360 e. The largest absolute Gasteiger partial charge is 0.360 e. The quantitative estimate of drug-likeness (QED) is 0.663. The molecular weight excluding hydrogens is 443 g/mol. The number of piperazine rings is 1. The molecule has 2 aromatic rings. The smallest absolute Gasteiger partial charge is 0.248 e. The number of hydrogen-bond donors (Lipinski definition) is 0. The SMILES string of the molecule is Cc1noc(C)c1S(=O)(=O)N1CCN(CC(=O)N2CCSC2c2ccccc2F)CC1. The van der Waals surface area contributed by atoms with Gasteiger partial charge in [-0.1, -0.05) is 23.4 Å². The fraction of sp³-hybridized carbons (Fsp3) is 0.500. The summed E-state index contributed by atoms with van der Waals surface area (Å²) in [6, 6.07) is 6.55. The average molecular weight is 469 g/mol. The molecule has 1 aromatic heterocycles. The molecule has 8 nitrogen and oxygen atoms in total. The van der Waals surface area contributed by atoms with Crippen molar-refractivity contribution in [1.29, 1.82) is 0 Å². The molecule has 0 radical (unpaired) electrons. The van der Waals surface area contributed by atoms with Crippen LogP contribution in [0.2, 0.25) is 0 Å². The lowest BCUT2D eigenvalue weighted by atomic mass is 10.2. The van der Waals surface area contributed by atoms with Gasteiger partial charge in [0.15, 0.2) is 5.76 Å². The summed E-state index contributed by atoms with van der Waals surface area (Å²) < 4.78 is 46.6. The monoisotopic (exact) mass is 468 g/mol. The van der Waals surface area contributed by atoms with E-state index in [4.69, 9.17) is 4.52 Å². The third-order valence-electron chi connectivity index (χ3n) is 5.64. The zero-order valence-corrected chi connectivity index (χ0v) is 19.1. The summed E-state index contributed by atoms with van der Waals surface area (Å²) >= 11 is 1.56. The van der Waals surface area contributed by atoms with Gasteiger partial charge in [0.1, 0.15) is 21.8 Å². The molecule has 1 atom stereocenters. The van der Waals surface area contributed by atoms with Gasteiger partial charge in [0, 0.05) is 44.0 Å². The summed E-state index contributed by atoms with van der Waals surface area (Å²) in [7, 11) is -3.69. The fourth-order valence-electron chi connectivity index (χ4n) is 4.04. The van der Waals surface area contributed by atoms with Crippen LogP contribution in [0.15, 0.2) is 33.7 Å². The number of benzene rings is 1. The Morgan fingerprint density at radius 1 is 1.19 bits per heavy atom. The maximum atomic E-state index is 14.2. The van der Waals surface area contributed by atoms with Gasteiger partial charge >= 0.3 is 0 Å². The molecule has 2 aliphatic rings.